The third kappa shape index (κ3) is 4.10. The molecule has 3 N–H and O–H groups in total. The lowest BCUT2D eigenvalue weighted by Gasteiger charge is -2.09. The molecule has 110 valence electrons. The van der Waals surface area contributed by atoms with Crippen LogP contribution in [-0.4, -0.2) is 18.3 Å². The summed E-state index contributed by atoms with van der Waals surface area (Å²) in [5.41, 5.74) is 2.04. The van der Waals surface area contributed by atoms with E-state index in [1.165, 1.54) is 19.2 Å². The molecule has 0 atom stereocenters. The highest BCUT2D eigenvalue weighted by molar-refractivity contribution is 5.85. The third-order valence-electron chi connectivity index (χ3n) is 2.80. The first-order chi connectivity index (χ1) is 10.1. The van der Waals surface area contributed by atoms with Crippen LogP contribution in [0.4, 0.5) is 20.6 Å². The van der Waals surface area contributed by atoms with Gasteiger partial charge in [0.15, 0.2) is 11.6 Å². The van der Waals surface area contributed by atoms with Gasteiger partial charge in [-0.25, -0.2) is 9.18 Å². The summed E-state index contributed by atoms with van der Waals surface area (Å²) in [6, 6.07) is 11.2. The van der Waals surface area contributed by atoms with Gasteiger partial charge >= 0.3 is 6.09 Å². The van der Waals surface area contributed by atoms with Crippen molar-refractivity contribution in [2.45, 2.75) is 6.54 Å². The van der Waals surface area contributed by atoms with Crippen LogP contribution in [0.5, 0.6) is 5.75 Å². The van der Waals surface area contributed by atoms with Crippen LogP contribution in [0, 0.1) is 5.82 Å². The quantitative estimate of drug-likeness (QED) is 0.808. The molecule has 0 heterocycles. The van der Waals surface area contributed by atoms with E-state index in [1.807, 2.05) is 6.07 Å². The minimum atomic E-state index is -0.657. The van der Waals surface area contributed by atoms with E-state index in [4.69, 9.17) is 5.11 Å². The maximum atomic E-state index is 13.2. The minimum Gasteiger partial charge on any atom is -0.505 e. The number of phenols is 1. The molecule has 0 bridgehead atoms. The second-order valence-corrected chi connectivity index (χ2v) is 4.34. The normalized spacial score (nSPS) is 10.0. The summed E-state index contributed by atoms with van der Waals surface area (Å²) in [6.07, 6.45) is -0.548. The number of carbonyl (C=O) groups excluding carboxylic acids is 1. The largest absolute Gasteiger partial charge is 0.505 e. The molecule has 0 radical (unpaired) electrons. The summed E-state index contributed by atoms with van der Waals surface area (Å²) in [7, 11) is 1.29. The number of nitrogens with one attached hydrogen (secondary N) is 2. The predicted molar refractivity (Wildman–Crippen MR) is 77.9 cm³/mol. The molecule has 1 amide bonds. The van der Waals surface area contributed by atoms with Crippen molar-refractivity contribution < 1.29 is 19.0 Å². The number of methoxy groups -OCH3 is 1. The lowest BCUT2D eigenvalue weighted by molar-refractivity contribution is 0.187. The fourth-order valence-electron chi connectivity index (χ4n) is 1.74. The summed E-state index contributed by atoms with van der Waals surface area (Å²) in [5, 5.41) is 14.8. The molecule has 0 saturated carbocycles. The molecule has 0 aliphatic rings. The molecule has 2 aromatic carbocycles. The maximum Gasteiger partial charge on any atom is 0.411 e. The van der Waals surface area contributed by atoms with Gasteiger partial charge in [0.25, 0.3) is 0 Å². The summed E-state index contributed by atoms with van der Waals surface area (Å²) < 4.78 is 17.7. The highest BCUT2D eigenvalue weighted by atomic mass is 19.1. The molecule has 0 aliphatic heterocycles. The topological polar surface area (TPSA) is 70.6 Å². The molecule has 0 aromatic heterocycles. The molecular formula is C15H15FN2O3. The monoisotopic (exact) mass is 290 g/mol. The molecule has 0 saturated heterocycles. The van der Waals surface area contributed by atoms with E-state index >= 15 is 0 Å². The Morgan fingerprint density at radius 2 is 2.00 bits per heavy atom. The highest BCUT2D eigenvalue weighted by Crippen LogP contribution is 2.19. The molecule has 2 aromatic rings. The molecular weight excluding hydrogens is 275 g/mol. The number of aromatic hydroxyl groups is 1. The number of anilines is 2. The van der Waals surface area contributed by atoms with E-state index in [1.54, 1.807) is 24.3 Å². The predicted octanol–water partition coefficient (Wildman–Crippen LogP) is 3.32. The van der Waals surface area contributed by atoms with E-state index < -0.39 is 11.9 Å². The zero-order valence-corrected chi connectivity index (χ0v) is 11.4. The van der Waals surface area contributed by atoms with Gasteiger partial charge in [0, 0.05) is 17.9 Å². The summed E-state index contributed by atoms with van der Waals surface area (Å²) >= 11 is 0. The van der Waals surface area contributed by atoms with Crippen molar-refractivity contribution in [3.8, 4) is 5.75 Å². The fourth-order valence-corrected chi connectivity index (χ4v) is 1.74. The van der Waals surface area contributed by atoms with Gasteiger partial charge in [0.1, 0.15) is 0 Å². The number of halogens is 1. The second-order valence-electron chi connectivity index (χ2n) is 4.34. The Balaban J connectivity index is 2.01. The Kier molecular flexibility index (Phi) is 4.61. The smallest absolute Gasteiger partial charge is 0.411 e. The average molecular weight is 290 g/mol. The maximum absolute atomic E-state index is 13.2. The number of ether oxygens (including phenoxy) is 1. The van der Waals surface area contributed by atoms with E-state index in [9.17, 15) is 9.18 Å². The third-order valence-corrected chi connectivity index (χ3v) is 2.80. The second kappa shape index (κ2) is 6.60. The molecule has 0 spiro atoms. The van der Waals surface area contributed by atoms with Gasteiger partial charge in [0.05, 0.1) is 7.11 Å². The first-order valence-electron chi connectivity index (χ1n) is 6.25. The molecule has 2 rings (SSSR count). The van der Waals surface area contributed by atoms with E-state index in [0.29, 0.717) is 17.8 Å². The van der Waals surface area contributed by atoms with Crippen LogP contribution in [0.25, 0.3) is 0 Å². The Morgan fingerprint density at radius 1 is 1.24 bits per heavy atom. The lowest BCUT2D eigenvalue weighted by Crippen LogP contribution is -2.11. The van der Waals surface area contributed by atoms with Crippen molar-refractivity contribution in [3.63, 3.8) is 0 Å². The van der Waals surface area contributed by atoms with Crippen molar-refractivity contribution >= 4 is 17.5 Å². The number of phenolic OH excluding ortho intramolecular Hbond substituents is 1. The first kappa shape index (κ1) is 14.6. The van der Waals surface area contributed by atoms with Crippen LogP contribution in [-0.2, 0) is 11.3 Å². The van der Waals surface area contributed by atoms with E-state index in [-0.39, 0.29) is 5.75 Å². The van der Waals surface area contributed by atoms with Crippen LogP contribution in [0.1, 0.15) is 5.56 Å². The number of hydrogen-bond acceptors (Lipinski definition) is 4. The van der Waals surface area contributed by atoms with Crippen LogP contribution in [0.3, 0.4) is 0 Å². The van der Waals surface area contributed by atoms with Gasteiger partial charge in [-0.3, -0.25) is 5.32 Å². The molecule has 5 nitrogen and oxygen atoms in total. The molecule has 21 heavy (non-hydrogen) atoms. The van der Waals surface area contributed by atoms with Gasteiger partial charge < -0.3 is 15.2 Å². The summed E-state index contributed by atoms with van der Waals surface area (Å²) in [6.45, 7) is 0.388. The van der Waals surface area contributed by atoms with Crippen LogP contribution in [0.2, 0.25) is 0 Å². The minimum absolute atomic E-state index is 0.372. The molecule has 0 aliphatic carbocycles. The Labute approximate surface area is 121 Å². The zero-order chi connectivity index (χ0) is 15.2. The van der Waals surface area contributed by atoms with Crippen LogP contribution in [0.15, 0.2) is 42.5 Å². The van der Waals surface area contributed by atoms with Crippen molar-refractivity contribution in [1.29, 1.82) is 0 Å². The number of benzene rings is 2. The summed E-state index contributed by atoms with van der Waals surface area (Å²) in [5.74, 6) is -1.03. The van der Waals surface area contributed by atoms with Gasteiger partial charge in [-0.1, -0.05) is 12.1 Å². The number of carbonyl (C=O) groups is 1. The van der Waals surface area contributed by atoms with E-state index in [2.05, 4.69) is 15.4 Å². The van der Waals surface area contributed by atoms with Crippen molar-refractivity contribution in [2.24, 2.45) is 0 Å². The van der Waals surface area contributed by atoms with E-state index in [0.717, 1.165) is 5.69 Å². The SMILES string of the molecule is COC(=O)Nc1cccc(NCc2ccc(O)c(F)c2)c1. The Hall–Kier alpha value is -2.76. The average Bonchev–Trinajstić information content (AvgIpc) is 2.49. The highest BCUT2D eigenvalue weighted by Gasteiger charge is 2.03. The van der Waals surface area contributed by atoms with Crippen molar-refractivity contribution in [3.05, 3.63) is 53.8 Å². The van der Waals surface area contributed by atoms with Crippen molar-refractivity contribution in [2.75, 3.05) is 17.7 Å². The van der Waals surface area contributed by atoms with Gasteiger partial charge in [-0.05, 0) is 35.9 Å². The lowest BCUT2D eigenvalue weighted by atomic mass is 10.2. The van der Waals surface area contributed by atoms with Gasteiger partial charge in [-0.2, -0.15) is 0 Å². The zero-order valence-electron chi connectivity index (χ0n) is 11.4. The fraction of sp³-hybridized carbons (Fsp3) is 0.133. The van der Waals surface area contributed by atoms with Gasteiger partial charge in [-0.15, -0.1) is 0 Å². The Morgan fingerprint density at radius 3 is 2.71 bits per heavy atom. The number of hydrogen-bond donors (Lipinski definition) is 3. The van der Waals surface area contributed by atoms with Gasteiger partial charge in [0.2, 0.25) is 0 Å². The standard InChI is InChI=1S/C15H15FN2O3/c1-21-15(20)18-12-4-2-3-11(8-12)17-9-10-5-6-14(19)13(16)7-10/h2-8,17,19H,9H2,1H3,(H,18,20). The van der Waals surface area contributed by atoms with Crippen LogP contribution < -0.4 is 10.6 Å². The number of rotatable bonds is 4. The molecule has 0 unspecified atom stereocenters. The summed E-state index contributed by atoms with van der Waals surface area (Å²) in [4.78, 5) is 11.1. The molecule has 6 heteroatoms. The molecule has 0 fully saturated rings. The first-order valence-corrected chi connectivity index (χ1v) is 6.25. The van der Waals surface area contributed by atoms with Crippen LogP contribution >= 0.6 is 0 Å². The number of amides is 1. The van der Waals surface area contributed by atoms with Crippen molar-refractivity contribution in [1.82, 2.24) is 0 Å². The Bertz CT molecular complexity index is 647.